The summed E-state index contributed by atoms with van der Waals surface area (Å²) in [6.45, 7) is 0.563. The minimum atomic E-state index is -3.36. The third kappa shape index (κ3) is 8.25. The number of carbonyl (C=O) groups excluding carboxylic acids is 1. The summed E-state index contributed by atoms with van der Waals surface area (Å²) in [6.07, 6.45) is 9.58. The van der Waals surface area contributed by atoms with Crippen LogP contribution in [0.3, 0.4) is 0 Å². The molecule has 0 aliphatic rings. The van der Waals surface area contributed by atoms with Crippen LogP contribution in [0.25, 0.3) is 6.08 Å². The molecule has 2 aromatic rings. The Morgan fingerprint density at radius 1 is 1.14 bits per heavy atom. The van der Waals surface area contributed by atoms with Crippen molar-refractivity contribution in [3.63, 3.8) is 0 Å². The Labute approximate surface area is 177 Å². The molecule has 0 aliphatic heterocycles. The first kappa shape index (κ1) is 22.9. The van der Waals surface area contributed by atoms with E-state index in [9.17, 15) is 13.2 Å². The number of sulfonamides is 1. The second kappa shape index (κ2) is 11.6. The zero-order valence-corrected chi connectivity index (χ0v) is 18.0. The minimum absolute atomic E-state index is 0.0896. The van der Waals surface area contributed by atoms with Crippen molar-refractivity contribution in [3.8, 4) is 0 Å². The minimum Gasteiger partial charge on any atom is -0.353 e. The number of hydrogen-bond donors (Lipinski definition) is 1. The molecule has 29 heavy (non-hydrogen) atoms. The maximum atomic E-state index is 12.4. The van der Waals surface area contributed by atoms with E-state index in [1.54, 1.807) is 49.8 Å². The van der Waals surface area contributed by atoms with Crippen LogP contribution in [-0.2, 0) is 14.8 Å². The Kier molecular flexibility index (Phi) is 9.15. The summed E-state index contributed by atoms with van der Waals surface area (Å²) in [4.78, 5) is 15.7. The first-order valence-corrected chi connectivity index (χ1v) is 11.5. The molecule has 1 aromatic heterocycles. The highest BCUT2D eigenvalue weighted by atomic mass is 35.5. The van der Waals surface area contributed by atoms with Crippen molar-refractivity contribution in [1.29, 1.82) is 0 Å². The average Bonchev–Trinajstić information content (AvgIpc) is 2.72. The van der Waals surface area contributed by atoms with E-state index in [1.807, 2.05) is 12.1 Å². The fraction of sp³-hybridized carbons (Fsp3) is 0.333. The normalized spacial score (nSPS) is 11.5. The highest BCUT2D eigenvalue weighted by molar-refractivity contribution is 7.92. The quantitative estimate of drug-likeness (QED) is 0.429. The molecule has 1 aromatic carbocycles. The zero-order chi connectivity index (χ0) is 21.1. The lowest BCUT2D eigenvalue weighted by Gasteiger charge is -2.19. The summed E-state index contributed by atoms with van der Waals surface area (Å²) in [6, 6.07) is 10.4. The number of halogens is 1. The number of carbonyl (C=O) groups is 1. The van der Waals surface area contributed by atoms with Gasteiger partial charge < -0.3 is 5.32 Å². The highest BCUT2D eigenvalue weighted by Crippen LogP contribution is 2.20. The number of nitrogens with one attached hydrogen (secondary N) is 1. The van der Waals surface area contributed by atoms with Gasteiger partial charge in [-0.15, -0.1) is 0 Å². The number of amides is 1. The fourth-order valence-corrected chi connectivity index (χ4v) is 4.04. The molecule has 1 heterocycles. The summed E-state index contributed by atoms with van der Waals surface area (Å²) in [5, 5.41) is 3.39. The van der Waals surface area contributed by atoms with Gasteiger partial charge in [0.15, 0.2) is 0 Å². The standard InChI is InChI=1S/C21H26ClN3O3S/c1-25(20-11-9-19(22)10-12-20)29(27,28)16-5-3-2-4-15-24-21(26)13-8-18-7-6-14-23-17-18/h6-14,17H,2-5,15-16H2,1H3,(H,24,26). The predicted molar refractivity (Wildman–Crippen MR) is 118 cm³/mol. The van der Waals surface area contributed by atoms with Crippen molar-refractivity contribution < 1.29 is 13.2 Å². The van der Waals surface area contributed by atoms with Crippen molar-refractivity contribution in [2.45, 2.75) is 25.7 Å². The van der Waals surface area contributed by atoms with E-state index in [4.69, 9.17) is 11.6 Å². The molecular formula is C21H26ClN3O3S. The summed E-state index contributed by atoms with van der Waals surface area (Å²) in [5.74, 6) is -0.0622. The van der Waals surface area contributed by atoms with Crippen molar-refractivity contribution in [1.82, 2.24) is 10.3 Å². The largest absolute Gasteiger partial charge is 0.353 e. The number of pyridine rings is 1. The van der Waals surface area contributed by atoms with Crippen LogP contribution < -0.4 is 9.62 Å². The predicted octanol–water partition coefficient (Wildman–Crippen LogP) is 3.89. The molecule has 0 aliphatic carbocycles. The monoisotopic (exact) mass is 435 g/mol. The van der Waals surface area contributed by atoms with E-state index in [0.717, 1.165) is 24.8 Å². The second-order valence-electron chi connectivity index (χ2n) is 6.58. The van der Waals surface area contributed by atoms with E-state index in [-0.39, 0.29) is 11.7 Å². The van der Waals surface area contributed by atoms with E-state index >= 15 is 0 Å². The van der Waals surface area contributed by atoms with Crippen LogP contribution in [0, 0.1) is 0 Å². The molecule has 0 saturated heterocycles. The maximum absolute atomic E-state index is 12.4. The number of hydrogen-bond acceptors (Lipinski definition) is 4. The third-order valence-electron chi connectivity index (χ3n) is 4.35. The van der Waals surface area contributed by atoms with Crippen LogP contribution in [0.4, 0.5) is 5.69 Å². The Morgan fingerprint density at radius 2 is 1.86 bits per heavy atom. The maximum Gasteiger partial charge on any atom is 0.243 e. The fourth-order valence-electron chi connectivity index (χ4n) is 2.63. The molecule has 0 atom stereocenters. The number of nitrogens with zero attached hydrogens (tertiary/aromatic N) is 2. The van der Waals surface area contributed by atoms with Crippen LogP contribution in [0.1, 0.15) is 31.2 Å². The molecule has 0 spiro atoms. The SMILES string of the molecule is CN(c1ccc(Cl)cc1)S(=O)(=O)CCCCCCNC(=O)C=Cc1cccnc1. The average molecular weight is 436 g/mol. The number of rotatable bonds is 11. The van der Waals surface area contributed by atoms with Crippen molar-refractivity contribution >= 4 is 39.3 Å². The number of anilines is 1. The smallest absolute Gasteiger partial charge is 0.243 e. The molecule has 1 N–H and O–H groups in total. The molecule has 8 heteroatoms. The van der Waals surface area contributed by atoms with Crippen LogP contribution in [-0.4, -0.2) is 38.7 Å². The van der Waals surface area contributed by atoms with Gasteiger partial charge in [-0.25, -0.2) is 8.42 Å². The summed E-state index contributed by atoms with van der Waals surface area (Å²) in [7, 11) is -1.81. The van der Waals surface area contributed by atoms with Gasteiger partial charge in [-0.1, -0.05) is 30.5 Å². The van der Waals surface area contributed by atoms with Crippen molar-refractivity contribution in [3.05, 3.63) is 65.5 Å². The van der Waals surface area contributed by atoms with Crippen molar-refractivity contribution in [2.24, 2.45) is 0 Å². The Morgan fingerprint density at radius 3 is 2.55 bits per heavy atom. The molecule has 2 rings (SSSR count). The Balaban J connectivity index is 1.61. The van der Waals surface area contributed by atoms with Gasteiger partial charge in [-0.3, -0.25) is 14.1 Å². The van der Waals surface area contributed by atoms with E-state index < -0.39 is 10.0 Å². The van der Waals surface area contributed by atoms with E-state index in [1.165, 1.54) is 10.4 Å². The lowest BCUT2D eigenvalue weighted by molar-refractivity contribution is -0.116. The van der Waals surface area contributed by atoms with Gasteiger partial charge in [0.05, 0.1) is 11.4 Å². The summed E-state index contributed by atoms with van der Waals surface area (Å²) < 4.78 is 26.1. The Hall–Kier alpha value is -2.38. The first-order valence-electron chi connectivity index (χ1n) is 9.46. The molecule has 0 radical (unpaired) electrons. The Bertz CT molecular complexity index is 901. The number of unbranched alkanes of at least 4 members (excludes halogenated alkanes) is 3. The lowest BCUT2D eigenvalue weighted by Crippen LogP contribution is -2.29. The van der Waals surface area contributed by atoms with Crippen LogP contribution in [0.15, 0.2) is 54.9 Å². The number of benzene rings is 1. The van der Waals surface area contributed by atoms with Gasteiger partial charge in [0.2, 0.25) is 15.9 Å². The van der Waals surface area contributed by atoms with E-state index in [0.29, 0.717) is 23.7 Å². The summed E-state index contributed by atoms with van der Waals surface area (Å²) in [5.41, 5.74) is 1.46. The third-order valence-corrected chi connectivity index (χ3v) is 6.45. The van der Waals surface area contributed by atoms with Gasteiger partial charge >= 0.3 is 0 Å². The van der Waals surface area contributed by atoms with Gasteiger partial charge in [0.25, 0.3) is 0 Å². The topological polar surface area (TPSA) is 79.4 Å². The number of aromatic nitrogens is 1. The van der Waals surface area contributed by atoms with Crippen LogP contribution in [0.5, 0.6) is 0 Å². The van der Waals surface area contributed by atoms with Crippen LogP contribution >= 0.6 is 11.6 Å². The molecule has 0 fully saturated rings. The van der Waals surface area contributed by atoms with Gasteiger partial charge in [-0.2, -0.15) is 0 Å². The molecule has 0 bridgehead atoms. The van der Waals surface area contributed by atoms with Crippen molar-refractivity contribution in [2.75, 3.05) is 23.7 Å². The molecule has 0 saturated carbocycles. The second-order valence-corrected chi connectivity index (χ2v) is 9.14. The zero-order valence-electron chi connectivity index (χ0n) is 16.4. The van der Waals surface area contributed by atoms with E-state index in [2.05, 4.69) is 10.3 Å². The molecular weight excluding hydrogens is 410 g/mol. The summed E-state index contributed by atoms with van der Waals surface area (Å²) >= 11 is 5.84. The van der Waals surface area contributed by atoms with Gasteiger partial charge in [0.1, 0.15) is 0 Å². The molecule has 6 nitrogen and oxygen atoms in total. The highest BCUT2D eigenvalue weighted by Gasteiger charge is 2.17. The van der Waals surface area contributed by atoms with Gasteiger partial charge in [0, 0.05) is 37.1 Å². The van der Waals surface area contributed by atoms with Crippen LogP contribution in [0.2, 0.25) is 5.02 Å². The molecule has 156 valence electrons. The molecule has 0 unspecified atom stereocenters. The lowest BCUT2D eigenvalue weighted by atomic mass is 10.2. The van der Waals surface area contributed by atoms with Gasteiger partial charge in [-0.05, 0) is 54.8 Å². The first-order chi connectivity index (χ1) is 13.9. The molecule has 1 amide bonds.